The Morgan fingerprint density at radius 1 is 0.672 bits per heavy atom. The van der Waals surface area contributed by atoms with Gasteiger partial charge in [0.05, 0.1) is 35.8 Å². The molecule has 0 radical (unpaired) electrons. The van der Waals surface area contributed by atoms with Gasteiger partial charge in [0.15, 0.2) is 0 Å². The number of pyridine rings is 4. The van der Waals surface area contributed by atoms with Gasteiger partial charge >= 0.3 is 0 Å². The number of aromatic nitrogens is 4. The monoisotopic (exact) mass is 786 g/mol. The topological polar surface area (TPSA) is 209 Å². The number of amides is 2. The molecule has 2 fully saturated rings. The van der Waals surface area contributed by atoms with Gasteiger partial charge in [0.2, 0.25) is 11.8 Å². The van der Waals surface area contributed by atoms with E-state index in [1.807, 2.05) is 0 Å². The molecule has 16 heteroatoms. The van der Waals surface area contributed by atoms with E-state index in [-0.39, 0.29) is 57.7 Å². The number of carbonyl (C=O) groups excluding carboxylic acids is 2. The average molecular weight is 787 g/mol. The quantitative estimate of drug-likeness (QED) is 0.0859. The summed E-state index contributed by atoms with van der Waals surface area (Å²) in [6.45, 7) is 1.67. The molecule has 8 rings (SSSR count). The van der Waals surface area contributed by atoms with E-state index in [0.717, 1.165) is 13.8 Å². The lowest BCUT2D eigenvalue weighted by atomic mass is 9.96. The maximum atomic E-state index is 14.0. The van der Waals surface area contributed by atoms with Gasteiger partial charge in [-0.25, -0.2) is 27.5 Å². The Bertz CT molecular complexity index is 2520. The highest BCUT2D eigenvalue weighted by Gasteiger charge is 2.44. The van der Waals surface area contributed by atoms with E-state index in [2.05, 4.69) is 42.7 Å². The van der Waals surface area contributed by atoms with Crippen molar-refractivity contribution in [2.24, 2.45) is 23.7 Å². The predicted molar refractivity (Wildman–Crippen MR) is 210 cm³/mol. The molecule has 4 aromatic heterocycles. The van der Waals surface area contributed by atoms with Crippen molar-refractivity contribution in [2.75, 3.05) is 22.1 Å². The molecule has 2 aliphatic carbocycles. The largest absolute Gasteiger partial charge is 0.398 e. The van der Waals surface area contributed by atoms with Crippen LogP contribution in [0.3, 0.4) is 0 Å². The standard InChI is InChI=1S/2C21H17F2N5O/c2*1-21(22,23)17-2-3-26-9-15(17)11-4-12-7-19(27-10-16(12)18(25)6-11)28-20(29)14-5-13(14)8-24/h2*2-4,6-7,9-10,13-14H,5,25H2,1H3,(H,27,28,29)/t2*13-,14+/m10/s1. The second-order valence-electron chi connectivity index (χ2n) is 14.5. The number of nitriles is 2. The Labute approximate surface area is 328 Å². The van der Waals surface area contributed by atoms with Crippen molar-refractivity contribution in [2.45, 2.75) is 38.5 Å². The smallest absolute Gasteiger partial charge is 0.271 e. The van der Waals surface area contributed by atoms with E-state index in [4.69, 9.17) is 22.0 Å². The van der Waals surface area contributed by atoms with Gasteiger partial charge in [0.1, 0.15) is 11.6 Å². The average Bonchev–Trinajstić information content (AvgIpc) is 4.12. The number of nitrogens with one attached hydrogen (secondary N) is 2. The van der Waals surface area contributed by atoms with Crippen LogP contribution in [0.15, 0.2) is 85.7 Å². The minimum Gasteiger partial charge on any atom is -0.398 e. The molecule has 4 atom stereocenters. The molecule has 0 unspecified atom stereocenters. The van der Waals surface area contributed by atoms with Crippen LogP contribution in [0.2, 0.25) is 0 Å². The number of nitrogens with zero attached hydrogens (tertiary/aromatic N) is 6. The number of carbonyl (C=O) groups is 2. The number of anilines is 4. The summed E-state index contributed by atoms with van der Waals surface area (Å²) in [7, 11) is 0. The number of fused-ring (bicyclic) bond motifs is 2. The van der Waals surface area contributed by atoms with Crippen LogP contribution in [0, 0.1) is 46.3 Å². The van der Waals surface area contributed by atoms with E-state index in [9.17, 15) is 27.2 Å². The zero-order valence-electron chi connectivity index (χ0n) is 31.0. The van der Waals surface area contributed by atoms with Gasteiger partial charge in [0.25, 0.3) is 11.8 Å². The molecule has 58 heavy (non-hydrogen) atoms. The highest BCUT2D eigenvalue weighted by atomic mass is 19.3. The highest BCUT2D eigenvalue weighted by Crippen LogP contribution is 2.41. The SMILES string of the molecule is CC(F)(F)c1ccncc1-c1cc(N)c2cnc(NC(=O)[C@@H]3C[C@H]3C#N)cc2c1.CC(F)(F)c1ccncc1-c1cc(N)c2cnc(NC(=O)[C@H]3C[C@@H]3C#N)cc2c1. The molecule has 4 heterocycles. The Kier molecular flexibility index (Phi) is 10.1. The molecule has 6 aromatic rings. The van der Waals surface area contributed by atoms with Gasteiger partial charge in [-0.15, -0.1) is 0 Å². The molecule has 2 amide bonds. The molecule has 2 aliphatic rings. The fourth-order valence-electron chi connectivity index (χ4n) is 6.73. The zero-order valence-corrected chi connectivity index (χ0v) is 31.0. The second kappa shape index (κ2) is 15.0. The number of nitrogens with two attached hydrogens (primary N) is 2. The van der Waals surface area contributed by atoms with Crippen molar-refractivity contribution in [1.82, 2.24) is 19.9 Å². The fourth-order valence-corrected chi connectivity index (χ4v) is 6.73. The summed E-state index contributed by atoms with van der Waals surface area (Å²) in [6.07, 6.45) is 9.55. The number of alkyl halides is 4. The predicted octanol–water partition coefficient (Wildman–Crippen LogP) is 8.18. The normalized spacial score (nSPS) is 18.3. The molecule has 6 N–H and O–H groups in total. The number of benzene rings is 2. The third-order valence-electron chi connectivity index (χ3n) is 10.0. The summed E-state index contributed by atoms with van der Waals surface area (Å²) in [4.78, 5) is 40.7. The van der Waals surface area contributed by atoms with E-state index < -0.39 is 11.8 Å². The van der Waals surface area contributed by atoms with Crippen LogP contribution < -0.4 is 22.1 Å². The molecule has 0 bridgehead atoms. The third kappa shape index (κ3) is 8.17. The minimum absolute atomic E-state index is 0.148. The van der Waals surface area contributed by atoms with Crippen molar-refractivity contribution < 1.29 is 27.2 Å². The van der Waals surface area contributed by atoms with Crippen molar-refractivity contribution in [3.05, 3.63) is 96.8 Å². The maximum Gasteiger partial charge on any atom is 0.271 e. The summed E-state index contributed by atoms with van der Waals surface area (Å²) in [6, 6.07) is 16.6. The van der Waals surface area contributed by atoms with Crippen molar-refractivity contribution in [3.8, 4) is 34.4 Å². The molecule has 0 aliphatic heterocycles. The van der Waals surface area contributed by atoms with Gasteiger partial charge in [-0.2, -0.15) is 10.5 Å². The van der Waals surface area contributed by atoms with Gasteiger partial charge < -0.3 is 22.1 Å². The lowest BCUT2D eigenvalue weighted by Crippen LogP contribution is -2.15. The molecule has 2 saturated carbocycles. The number of rotatable bonds is 8. The Morgan fingerprint density at radius 2 is 1.07 bits per heavy atom. The number of hydrogen-bond acceptors (Lipinski definition) is 10. The molecule has 12 nitrogen and oxygen atoms in total. The molecular formula is C42H34F4N10O2. The zero-order chi connectivity index (χ0) is 41.5. The second-order valence-corrected chi connectivity index (χ2v) is 14.5. The summed E-state index contributed by atoms with van der Waals surface area (Å²) < 4.78 is 56.1. The van der Waals surface area contributed by atoms with Gasteiger partial charge in [-0.3, -0.25) is 19.6 Å². The Morgan fingerprint density at radius 3 is 1.41 bits per heavy atom. The maximum absolute atomic E-state index is 14.0. The van der Waals surface area contributed by atoms with Crippen LogP contribution in [-0.4, -0.2) is 31.8 Å². The Hall–Kier alpha value is -7.20. The highest BCUT2D eigenvalue weighted by molar-refractivity contribution is 6.01. The first-order chi connectivity index (χ1) is 27.5. The molecular weight excluding hydrogens is 753 g/mol. The Balaban J connectivity index is 0.000000177. The fraction of sp³-hybridized carbons (Fsp3) is 0.238. The van der Waals surface area contributed by atoms with E-state index in [1.54, 1.807) is 36.4 Å². The van der Waals surface area contributed by atoms with E-state index in [0.29, 0.717) is 68.5 Å². The van der Waals surface area contributed by atoms with Crippen LogP contribution in [0.5, 0.6) is 0 Å². The minimum atomic E-state index is -3.04. The van der Waals surface area contributed by atoms with Crippen LogP contribution in [0.25, 0.3) is 43.8 Å². The van der Waals surface area contributed by atoms with Crippen molar-refractivity contribution in [1.29, 1.82) is 10.5 Å². The van der Waals surface area contributed by atoms with E-state index >= 15 is 0 Å². The molecule has 0 spiro atoms. The summed E-state index contributed by atoms with van der Waals surface area (Å²) in [5, 5.41) is 25.7. The van der Waals surface area contributed by atoms with Crippen LogP contribution >= 0.6 is 0 Å². The molecule has 2 aromatic carbocycles. The van der Waals surface area contributed by atoms with Crippen LogP contribution in [0.4, 0.5) is 40.6 Å². The number of nitrogen functional groups attached to an aromatic ring is 2. The molecule has 292 valence electrons. The number of hydrogen-bond donors (Lipinski definition) is 4. The summed E-state index contributed by atoms with van der Waals surface area (Å²) in [5.41, 5.74) is 14.3. The van der Waals surface area contributed by atoms with Crippen LogP contribution in [-0.2, 0) is 21.4 Å². The number of halogens is 4. The first-order valence-electron chi connectivity index (χ1n) is 18.0. The lowest BCUT2D eigenvalue weighted by Gasteiger charge is -2.16. The van der Waals surface area contributed by atoms with Crippen molar-refractivity contribution in [3.63, 3.8) is 0 Å². The first-order valence-corrected chi connectivity index (χ1v) is 18.0. The van der Waals surface area contributed by atoms with E-state index in [1.165, 1.54) is 49.3 Å². The van der Waals surface area contributed by atoms with Gasteiger partial charge in [-0.1, -0.05) is 0 Å². The first kappa shape index (κ1) is 39.1. The van der Waals surface area contributed by atoms with Crippen LogP contribution in [0.1, 0.15) is 37.8 Å². The summed E-state index contributed by atoms with van der Waals surface area (Å²) >= 11 is 0. The van der Waals surface area contributed by atoms with Gasteiger partial charge in [-0.05, 0) is 83.3 Å². The molecule has 0 saturated heterocycles. The van der Waals surface area contributed by atoms with Gasteiger partial charge in [0, 0.05) is 95.4 Å². The lowest BCUT2D eigenvalue weighted by molar-refractivity contribution is -0.118. The summed E-state index contributed by atoms with van der Waals surface area (Å²) in [5.74, 6) is -7.11. The third-order valence-corrected chi connectivity index (χ3v) is 10.0. The van der Waals surface area contributed by atoms with Crippen molar-refractivity contribution >= 4 is 56.4 Å².